The van der Waals surface area contributed by atoms with E-state index in [2.05, 4.69) is 17.1 Å². The lowest BCUT2D eigenvalue weighted by atomic mass is 9.93. The Kier molecular flexibility index (Phi) is 4.94. The molecule has 2 aromatic carbocycles. The van der Waals surface area contributed by atoms with Gasteiger partial charge in [0.1, 0.15) is 11.9 Å². The van der Waals surface area contributed by atoms with Crippen LogP contribution in [0.5, 0.6) is 5.75 Å². The first-order valence-electron chi connectivity index (χ1n) is 10.1. The van der Waals surface area contributed by atoms with Gasteiger partial charge in [0.2, 0.25) is 6.41 Å². The summed E-state index contributed by atoms with van der Waals surface area (Å²) in [5, 5.41) is 1.87. The molecule has 1 N–H and O–H groups in total. The summed E-state index contributed by atoms with van der Waals surface area (Å²) in [6, 6.07) is 13.9. The van der Waals surface area contributed by atoms with Gasteiger partial charge < -0.3 is 19.4 Å². The summed E-state index contributed by atoms with van der Waals surface area (Å²) in [4.78, 5) is 17.2. The fraction of sp³-hybridized carbons (Fsp3) is 0.348. The molecule has 1 amide bonds. The third kappa shape index (κ3) is 3.49. The van der Waals surface area contributed by atoms with E-state index in [1.54, 1.807) is 0 Å². The Morgan fingerprint density at radius 2 is 1.93 bits per heavy atom. The Balaban J connectivity index is 1.47. The molecule has 1 saturated heterocycles. The zero-order chi connectivity index (χ0) is 19.8. The van der Waals surface area contributed by atoms with E-state index in [1.165, 1.54) is 5.56 Å². The first-order valence-corrected chi connectivity index (χ1v) is 10.5. The Bertz CT molecular complexity index is 1020. The van der Waals surface area contributed by atoms with E-state index in [4.69, 9.17) is 21.1 Å². The lowest BCUT2D eigenvalue weighted by molar-refractivity contribution is -0.120. The number of aromatic nitrogens is 1. The minimum atomic E-state index is -0.139. The number of H-pyrrole nitrogens is 1. The van der Waals surface area contributed by atoms with Gasteiger partial charge in [-0.05, 0) is 47.9 Å². The number of hydrogen-bond acceptors (Lipinski definition) is 3. The minimum Gasteiger partial charge on any atom is -0.490 e. The Labute approximate surface area is 174 Å². The molecule has 1 atom stereocenters. The molecule has 0 aliphatic carbocycles. The van der Waals surface area contributed by atoms with Crippen LogP contribution in [-0.4, -0.2) is 42.2 Å². The van der Waals surface area contributed by atoms with E-state index in [1.807, 2.05) is 35.2 Å². The fourth-order valence-corrected chi connectivity index (χ4v) is 4.64. The molecule has 2 aliphatic heterocycles. The van der Waals surface area contributed by atoms with Crippen molar-refractivity contribution in [3.63, 3.8) is 0 Å². The highest BCUT2D eigenvalue weighted by Gasteiger charge is 2.31. The maximum Gasteiger partial charge on any atom is 0.210 e. The molecule has 29 heavy (non-hydrogen) atoms. The van der Waals surface area contributed by atoms with Crippen LogP contribution >= 0.6 is 11.6 Å². The number of carbonyl (C=O) groups is 1. The van der Waals surface area contributed by atoms with Crippen LogP contribution in [0, 0.1) is 0 Å². The zero-order valence-corrected chi connectivity index (χ0v) is 16.8. The quantitative estimate of drug-likeness (QED) is 0.645. The number of rotatable bonds is 4. The Morgan fingerprint density at radius 3 is 2.69 bits per heavy atom. The van der Waals surface area contributed by atoms with Crippen LogP contribution in [0.25, 0.3) is 10.9 Å². The summed E-state index contributed by atoms with van der Waals surface area (Å²) in [6.45, 7) is 2.19. The van der Waals surface area contributed by atoms with Crippen molar-refractivity contribution in [1.82, 2.24) is 9.88 Å². The second kappa shape index (κ2) is 7.73. The molecule has 0 bridgehead atoms. The van der Waals surface area contributed by atoms with Crippen LogP contribution in [-0.2, 0) is 16.0 Å². The van der Waals surface area contributed by atoms with E-state index >= 15 is 0 Å². The molecule has 3 heterocycles. The summed E-state index contributed by atoms with van der Waals surface area (Å²) in [5.41, 5.74) is 4.43. The SMILES string of the molecule is O=CN1CCc2c([nH]c3ccc(Cl)cc23)C1c1ccc(OC2CCOCC2)cc1. The lowest BCUT2D eigenvalue weighted by Crippen LogP contribution is -2.35. The molecule has 5 rings (SSSR count). The smallest absolute Gasteiger partial charge is 0.210 e. The average molecular weight is 411 g/mol. The monoisotopic (exact) mass is 410 g/mol. The van der Waals surface area contributed by atoms with Crippen molar-refractivity contribution in [3.8, 4) is 5.75 Å². The van der Waals surface area contributed by atoms with Gasteiger partial charge >= 0.3 is 0 Å². The number of carbonyl (C=O) groups excluding carboxylic acids is 1. The highest BCUT2D eigenvalue weighted by Crippen LogP contribution is 2.38. The number of benzene rings is 2. The number of amides is 1. The molecule has 0 spiro atoms. The number of ether oxygens (including phenoxy) is 2. The maximum absolute atomic E-state index is 11.8. The Hall–Kier alpha value is -2.50. The van der Waals surface area contributed by atoms with Crippen molar-refractivity contribution in [2.24, 2.45) is 0 Å². The van der Waals surface area contributed by atoms with E-state index < -0.39 is 0 Å². The van der Waals surface area contributed by atoms with Gasteiger partial charge in [-0.2, -0.15) is 0 Å². The normalized spacial score (nSPS) is 19.9. The number of hydrogen-bond donors (Lipinski definition) is 1. The first-order chi connectivity index (χ1) is 14.2. The molecule has 0 saturated carbocycles. The summed E-state index contributed by atoms with van der Waals surface area (Å²) < 4.78 is 11.5. The standard InChI is InChI=1S/C23H23ClN2O3/c24-16-3-6-21-20(13-16)19-7-10-26(14-27)23(22(19)25-21)15-1-4-17(5-2-15)29-18-8-11-28-12-9-18/h1-6,13-14,18,23,25H,7-12H2. The second-order valence-corrected chi connectivity index (χ2v) is 8.14. The molecule has 0 radical (unpaired) electrons. The van der Waals surface area contributed by atoms with Crippen LogP contribution in [0.4, 0.5) is 0 Å². The summed E-state index contributed by atoms with van der Waals surface area (Å²) in [6.07, 6.45) is 3.81. The molecule has 1 aromatic heterocycles. The van der Waals surface area contributed by atoms with Gasteiger partial charge in [-0.1, -0.05) is 23.7 Å². The van der Waals surface area contributed by atoms with Gasteiger partial charge in [-0.15, -0.1) is 0 Å². The van der Waals surface area contributed by atoms with E-state index in [9.17, 15) is 4.79 Å². The van der Waals surface area contributed by atoms with Crippen LogP contribution in [0.2, 0.25) is 5.02 Å². The number of aromatic amines is 1. The van der Waals surface area contributed by atoms with Gasteiger partial charge in [-0.25, -0.2) is 0 Å². The summed E-state index contributed by atoms with van der Waals surface area (Å²) in [7, 11) is 0. The summed E-state index contributed by atoms with van der Waals surface area (Å²) >= 11 is 6.22. The van der Waals surface area contributed by atoms with Gasteiger partial charge in [-0.3, -0.25) is 4.79 Å². The van der Waals surface area contributed by atoms with Crippen molar-refractivity contribution in [2.45, 2.75) is 31.4 Å². The van der Waals surface area contributed by atoms with Crippen molar-refractivity contribution < 1.29 is 14.3 Å². The highest BCUT2D eigenvalue weighted by molar-refractivity contribution is 6.31. The first kappa shape index (κ1) is 18.5. The third-order valence-electron chi connectivity index (χ3n) is 5.93. The van der Waals surface area contributed by atoms with Gasteiger partial charge in [0.25, 0.3) is 0 Å². The molecular weight excluding hydrogens is 388 g/mol. The summed E-state index contributed by atoms with van der Waals surface area (Å²) in [5.74, 6) is 0.859. The number of halogens is 1. The third-order valence-corrected chi connectivity index (χ3v) is 6.16. The topological polar surface area (TPSA) is 54.6 Å². The molecule has 2 aliphatic rings. The molecule has 6 heteroatoms. The van der Waals surface area contributed by atoms with Crippen LogP contribution < -0.4 is 4.74 Å². The molecule has 1 fully saturated rings. The van der Waals surface area contributed by atoms with Crippen molar-refractivity contribution >= 4 is 28.9 Å². The number of nitrogens with one attached hydrogen (secondary N) is 1. The molecule has 5 nitrogen and oxygen atoms in total. The van der Waals surface area contributed by atoms with Crippen LogP contribution in [0.3, 0.4) is 0 Å². The molecular formula is C23H23ClN2O3. The number of fused-ring (bicyclic) bond motifs is 3. The van der Waals surface area contributed by atoms with Gasteiger partial charge in [0.15, 0.2) is 0 Å². The van der Waals surface area contributed by atoms with Gasteiger partial charge in [0.05, 0.1) is 19.3 Å². The lowest BCUT2D eigenvalue weighted by Gasteiger charge is -2.33. The number of nitrogens with zero attached hydrogens (tertiary/aromatic N) is 1. The fourth-order valence-electron chi connectivity index (χ4n) is 4.47. The van der Waals surface area contributed by atoms with E-state index in [0.717, 1.165) is 71.8 Å². The van der Waals surface area contributed by atoms with Crippen molar-refractivity contribution in [1.29, 1.82) is 0 Å². The average Bonchev–Trinajstić information content (AvgIpc) is 3.12. The van der Waals surface area contributed by atoms with Crippen molar-refractivity contribution in [2.75, 3.05) is 19.8 Å². The second-order valence-electron chi connectivity index (χ2n) is 7.70. The largest absolute Gasteiger partial charge is 0.490 e. The van der Waals surface area contributed by atoms with E-state index in [0.29, 0.717) is 6.54 Å². The van der Waals surface area contributed by atoms with Crippen LogP contribution in [0.1, 0.15) is 35.7 Å². The molecule has 150 valence electrons. The predicted molar refractivity (Wildman–Crippen MR) is 113 cm³/mol. The molecule has 3 aromatic rings. The maximum atomic E-state index is 11.8. The minimum absolute atomic E-state index is 0.139. The zero-order valence-electron chi connectivity index (χ0n) is 16.1. The Morgan fingerprint density at radius 1 is 1.14 bits per heavy atom. The van der Waals surface area contributed by atoms with Crippen LogP contribution in [0.15, 0.2) is 42.5 Å². The predicted octanol–water partition coefficient (Wildman–Crippen LogP) is 4.48. The highest BCUT2D eigenvalue weighted by atomic mass is 35.5. The van der Waals surface area contributed by atoms with Gasteiger partial charge in [0, 0.05) is 41.0 Å². The van der Waals surface area contributed by atoms with Crippen molar-refractivity contribution in [3.05, 3.63) is 64.3 Å². The van der Waals surface area contributed by atoms with E-state index in [-0.39, 0.29) is 12.1 Å². The molecule has 1 unspecified atom stereocenters.